The standard InChI is InChI=1S/C13H18BrClN2/c1-9(2)17-13(12(14)8-16-17)10-5-3-4-6-11(15)7-10/h7-9,11H,3-6H2,1-2H3. The van der Waals surface area contributed by atoms with Crippen LogP contribution < -0.4 is 0 Å². The molecule has 2 rings (SSSR count). The minimum absolute atomic E-state index is 0.162. The second-order valence-electron chi connectivity index (χ2n) is 4.83. The van der Waals surface area contributed by atoms with Crippen molar-refractivity contribution in [3.8, 4) is 0 Å². The fraction of sp³-hybridized carbons (Fsp3) is 0.615. The molecule has 17 heavy (non-hydrogen) atoms. The summed E-state index contributed by atoms with van der Waals surface area (Å²) < 4.78 is 3.15. The van der Waals surface area contributed by atoms with E-state index in [0.717, 1.165) is 17.3 Å². The molecular weight excluding hydrogens is 300 g/mol. The van der Waals surface area contributed by atoms with Gasteiger partial charge in [0.05, 0.1) is 21.7 Å². The minimum atomic E-state index is 0.162. The average Bonchev–Trinajstić information content (AvgIpc) is 2.52. The lowest BCUT2D eigenvalue weighted by Crippen LogP contribution is -2.07. The Morgan fingerprint density at radius 1 is 1.47 bits per heavy atom. The Morgan fingerprint density at radius 3 is 2.94 bits per heavy atom. The molecule has 0 radical (unpaired) electrons. The van der Waals surface area contributed by atoms with Crippen LogP contribution in [-0.2, 0) is 0 Å². The summed E-state index contributed by atoms with van der Waals surface area (Å²) >= 11 is 9.89. The van der Waals surface area contributed by atoms with Gasteiger partial charge in [-0.2, -0.15) is 5.10 Å². The highest BCUT2D eigenvalue weighted by molar-refractivity contribution is 9.10. The molecule has 0 bridgehead atoms. The van der Waals surface area contributed by atoms with Crippen molar-refractivity contribution in [3.05, 3.63) is 22.4 Å². The van der Waals surface area contributed by atoms with Crippen LogP contribution in [0.3, 0.4) is 0 Å². The zero-order chi connectivity index (χ0) is 12.4. The topological polar surface area (TPSA) is 17.8 Å². The van der Waals surface area contributed by atoms with Gasteiger partial charge in [-0.3, -0.25) is 4.68 Å². The molecule has 0 saturated carbocycles. The van der Waals surface area contributed by atoms with Gasteiger partial charge in [0.25, 0.3) is 0 Å². The summed E-state index contributed by atoms with van der Waals surface area (Å²) in [4.78, 5) is 0. The first-order valence-electron chi connectivity index (χ1n) is 6.17. The molecule has 1 aliphatic rings. The molecule has 0 amide bonds. The van der Waals surface area contributed by atoms with Crippen LogP contribution in [0.5, 0.6) is 0 Å². The second-order valence-corrected chi connectivity index (χ2v) is 6.25. The SMILES string of the molecule is CC(C)n1ncc(Br)c1C1=CC(Cl)CCCC1. The maximum absolute atomic E-state index is 6.30. The molecule has 1 aliphatic carbocycles. The maximum atomic E-state index is 6.30. The Bertz CT molecular complexity index is 423. The van der Waals surface area contributed by atoms with E-state index in [4.69, 9.17) is 11.6 Å². The third kappa shape index (κ3) is 2.94. The van der Waals surface area contributed by atoms with E-state index in [9.17, 15) is 0 Å². The molecule has 1 aromatic heterocycles. The molecular formula is C13H18BrClN2. The molecule has 0 N–H and O–H groups in total. The first-order valence-corrected chi connectivity index (χ1v) is 7.40. The van der Waals surface area contributed by atoms with Gasteiger partial charge < -0.3 is 0 Å². The van der Waals surface area contributed by atoms with Crippen molar-refractivity contribution in [2.24, 2.45) is 0 Å². The molecule has 94 valence electrons. The van der Waals surface area contributed by atoms with Crippen molar-refractivity contribution in [2.75, 3.05) is 0 Å². The Kier molecular flexibility index (Phi) is 4.31. The van der Waals surface area contributed by atoms with Crippen LogP contribution in [0.1, 0.15) is 51.3 Å². The summed E-state index contributed by atoms with van der Waals surface area (Å²) in [6.45, 7) is 4.30. The minimum Gasteiger partial charge on any atom is -0.262 e. The third-order valence-corrected chi connectivity index (χ3v) is 4.03. The fourth-order valence-corrected chi connectivity index (χ4v) is 3.10. The average molecular weight is 318 g/mol. The first-order chi connectivity index (χ1) is 8.09. The highest BCUT2D eigenvalue weighted by atomic mass is 79.9. The fourth-order valence-electron chi connectivity index (χ4n) is 2.27. The zero-order valence-corrected chi connectivity index (χ0v) is 12.6. The summed E-state index contributed by atoms with van der Waals surface area (Å²) in [5, 5.41) is 4.59. The molecule has 1 heterocycles. The number of nitrogens with zero attached hydrogens (tertiary/aromatic N) is 2. The van der Waals surface area contributed by atoms with Crippen LogP contribution in [0.4, 0.5) is 0 Å². The van der Waals surface area contributed by atoms with Crippen LogP contribution in [0.15, 0.2) is 16.7 Å². The Labute approximate surface area is 116 Å². The van der Waals surface area contributed by atoms with Crippen molar-refractivity contribution >= 4 is 33.1 Å². The Morgan fingerprint density at radius 2 is 2.24 bits per heavy atom. The van der Waals surface area contributed by atoms with Crippen molar-refractivity contribution in [3.63, 3.8) is 0 Å². The molecule has 1 atom stereocenters. The predicted molar refractivity (Wildman–Crippen MR) is 76.4 cm³/mol. The van der Waals surface area contributed by atoms with Crippen LogP contribution in [-0.4, -0.2) is 15.2 Å². The monoisotopic (exact) mass is 316 g/mol. The van der Waals surface area contributed by atoms with E-state index >= 15 is 0 Å². The first kappa shape index (κ1) is 13.2. The van der Waals surface area contributed by atoms with E-state index in [2.05, 4.69) is 45.6 Å². The van der Waals surface area contributed by atoms with Crippen molar-refractivity contribution in [1.82, 2.24) is 9.78 Å². The summed E-state index contributed by atoms with van der Waals surface area (Å²) in [6, 6.07) is 0.370. The van der Waals surface area contributed by atoms with Gasteiger partial charge in [0.2, 0.25) is 0 Å². The molecule has 2 nitrogen and oxygen atoms in total. The zero-order valence-electron chi connectivity index (χ0n) is 10.3. The van der Waals surface area contributed by atoms with Gasteiger partial charge in [-0.25, -0.2) is 0 Å². The van der Waals surface area contributed by atoms with E-state index in [1.807, 2.05) is 6.20 Å². The molecule has 1 unspecified atom stereocenters. The largest absolute Gasteiger partial charge is 0.262 e. The summed E-state index contributed by atoms with van der Waals surface area (Å²) in [6.07, 6.45) is 8.69. The van der Waals surface area contributed by atoms with Gasteiger partial charge in [-0.1, -0.05) is 12.5 Å². The van der Waals surface area contributed by atoms with Crippen LogP contribution in [0, 0.1) is 0 Å². The summed E-state index contributed by atoms with van der Waals surface area (Å²) in [7, 11) is 0. The quantitative estimate of drug-likeness (QED) is 0.717. The summed E-state index contributed by atoms with van der Waals surface area (Å²) in [5.41, 5.74) is 2.54. The number of allylic oxidation sites excluding steroid dienone is 2. The van der Waals surface area contributed by atoms with Crippen molar-refractivity contribution < 1.29 is 0 Å². The number of hydrogen-bond acceptors (Lipinski definition) is 1. The van der Waals surface area contributed by atoms with Gasteiger partial charge in [-0.15, -0.1) is 11.6 Å². The molecule has 0 spiro atoms. The number of rotatable bonds is 2. The van der Waals surface area contributed by atoms with Crippen LogP contribution in [0.25, 0.3) is 5.57 Å². The smallest absolute Gasteiger partial charge is 0.0784 e. The van der Waals surface area contributed by atoms with Gasteiger partial charge in [-0.05, 0) is 54.6 Å². The maximum Gasteiger partial charge on any atom is 0.0784 e. The van der Waals surface area contributed by atoms with Gasteiger partial charge in [0.1, 0.15) is 0 Å². The molecule has 0 aromatic carbocycles. The normalized spacial score (nSPS) is 21.5. The van der Waals surface area contributed by atoms with E-state index < -0.39 is 0 Å². The Balaban J connectivity index is 2.41. The summed E-state index contributed by atoms with van der Waals surface area (Å²) in [5.74, 6) is 0. The number of halogens is 2. The molecule has 1 aromatic rings. The van der Waals surface area contributed by atoms with Crippen LogP contribution >= 0.6 is 27.5 Å². The van der Waals surface area contributed by atoms with Crippen molar-refractivity contribution in [2.45, 2.75) is 50.9 Å². The lowest BCUT2D eigenvalue weighted by atomic mass is 10.1. The van der Waals surface area contributed by atoms with Gasteiger partial charge in [0.15, 0.2) is 0 Å². The van der Waals surface area contributed by atoms with Gasteiger partial charge >= 0.3 is 0 Å². The molecule has 0 fully saturated rings. The molecule has 4 heteroatoms. The van der Waals surface area contributed by atoms with Gasteiger partial charge in [0, 0.05) is 6.04 Å². The number of hydrogen-bond donors (Lipinski definition) is 0. The Hall–Kier alpha value is -0.280. The van der Waals surface area contributed by atoms with Crippen molar-refractivity contribution in [1.29, 1.82) is 0 Å². The number of alkyl halides is 1. The molecule has 0 saturated heterocycles. The second kappa shape index (κ2) is 5.57. The van der Waals surface area contributed by atoms with E-state index in [1.54, 1.807) is 0 Å². The van der Waals surface area contributed by atoms with E-state index in [0.29, 0.717) is 6.04 Å². The predicted octanol–water partition coefficient (Wildman–Crippen LogP) is 4.79. The van der Waals surface area contributed by atoms with E-state index in [1.165, 1.54) is 24.1 Å². The highest BCUT2D eigenvalue weighted by Gasteiger charge is 2.18. The van der Waals surface area contributed by atoms with E-state index in [-0.39, 0.29) is 5.38 Å². The highest BCUT2D eigenvalue weighted by Crippen LogP contribution is 2.33. The molecule has 0 aliphatic heterocycles. The van der Waals surface area contributed by atoms with Crippen LogP contribution in [0.2, 0.25) is 0 Å². The lowest BCUT2D eigenvalue weighted by molar-refractivity contribution is 0.525. The lowest BCUT2D eigenvalue weighted by Gasteiger charge is -2.14. The number of aromatic nitrogens is 2. The third-order valence-electron chi connectivity index (χ3n) is 3.10.